The van der Waals surface area contributed by atoms with Gasteiger partial charge in [-0.15, -0.1) is 0 Å². The Morgan fingerprint density at radius 1 is 1.70 bits per heavy atom. The van der Waals surface area contributed by atoms with E-state index in [4.69, 9.17) is 17.3 Å². The Kier molecular flexibility index (Phi) is 2.35. The Balaban J connectivity index is 2.77. The zero-order valence-electron chi connectivity index (χ0n) is 5.97. The van der Waals surface area contributed by atoms with E-state index in [2.05, 4.69) is 0 Å². The van der Waals surface area contributed by atoms with Gasteiger partial charge in [0.05, 0.1) is 0 Å². The summed E-state index contributed by atoms with van der Waals surface area (Å²) in [7, 11) is 1.92. The van der Waals surface area contributed by atoms with Gasteiger partial charge in [0.25, 0.3) is 0 Å². The molecule has 3 heteroatoms. The highest BCUT2D eigenvalue weighted by atomic mass is 35.5. The summed E-state index contributed by atoms with van der Waals surface area (Å²) in [6, 6.07) is 1.94. The minimum atomic E-state index is 0.681. The van der Waals surface area contributed by atoms with Crippen molar-refractivity contribution in [2.75, 3.05) is 6.54 Å². The first-order valence-electron chi connectivity index (χ1n) is 3.25. The van der Waals surface area contributed by atoms with E-state index in [1.165, 1.54) is 5.56 Å². The first kappa shape index (κ1) is 7.63. The molecule has 0 aromatic carbocycles. The molecule has 1 aromatic heterocycles. The lowest BCUT2D eigenvalue weighted by Crippen LogP contribution is -2.01. The summed E-state index contributed by atoms with van der Waals surface area (Å²) in [5, 5.41) is 0.767. The van der Waals surface area contributed by atoms with E-state index in [1.807, 2.05) is 23.9 Å². The third-order valence-corrected chi connectivity index (χ3v) is 1.81. The van der Waals surface area contributed by atoms with E-state index in [9.17, 15) is 0 Å². The van der Waals surface area contributed by atoms with Crippen LogP contribution in [0.1, 0.15) is 5.56 Å². The Labute approximate surface area is 65.6 Å². The van der Waals surface area contributed by atoms with Gasteiger partial charge in [0.2, 0.25) is 0 Å². The molecule has 0 amide bonds. The summed E-state index contributed by atoms with van der Waals surface area (Å²) >= 11 is 5.79. The largest absolute Gasteiger partial charge is 0.342 e. The number of hydrogen-bond acceptors (Lipinski definition) is 1. The number of aromatic nitrogens is 1. The maximum atomic E-state index is 5.79. The highest BCUT2D eigenvalue weighted by molar-refractivity contribution is 6.29. The molecule has 0 unspecified atom stereocenters. The lowest BCUT2D eigenvalue weighted by atomic mass is 10.2. The van der Waals surface area contributed by atoms with Crippen molar-refractivity contribution >= 4 is 11.6 Å². The van der Waals surface area contributed by atoms with Crippen LogP contribution in [0.2, 0.25) is 5.15 Å². The van der Waals surface area contributed by atoms with Gasteiger partial charge in [-0.25, -0.2) is 0 Å². The summed E-state index contributed by atoms with van der Waals surface area (Å²) in [4.78, 5) is 0. The van der Waals surface area contributed by atoms with Crippen LogP contribution >= 0.6 is 11.6 Å². The first-order chi connectivity index (χ1) is 4.74. The zero-order valence-corrected chi connectivity index (χ0v) is 6.73. The lowest BCUT2D eigenvalue weighted by Gasteiger charge is -1.89. The molecule has 0 bridgehead atoms. The lowest BCUT2D eigenvalue weighted by molar-refractivity contribution is 0.907. The van der Waals surface area contributed by atoms with Gasteiger partial charge in [0, 0.05) is 13.2 Å². The molecule has 2 nitrogen and oxygen atoms in total. The molecular weight excluding hydrogens is 148 g/mol. The zero-order chi connectivity index (χ0) is 7.56. The van der Waals surface area contributed by atoms with E-state index in [1.54, 1.807) is 0 Å². The van der Waals surface area contributed by atoms with Crippen LogP contribution in [0.15, 0.2) is 12.3 Å². The SMILES string of the molecule is Cn1cc(CCN)cc1Cl. The van der Waals surface area contributed by atoms with Gasteiger partial charge in [0.1, 0.15) is 5.15 Å². The molecule has 1 aromatic rings. The van der Waals surface area contributed by atoms with Crippen LogP contribution in [0, 0.1) is 0 Å². The second-order valence-electron chi connectivity index (χ2n) is 2.32. The van der Waals surface area contributed by atoms with Gasteiger partial charge in [-0.05, 0) is 24.6 Å². The molecule has 0 aliphatic carbocycles. The van der Waals surface area contributed by atoms with Gasteiger partial charge in [-0.3, -0.25) is 0 Å². The minimum Gasteiger partial charge on any atom is -0.342 e. The highest BCUT2D eigenvalue weighted by Crippen LogP contribution is 2.12. The molecule has 0 atom stereocenters. The summed E-state index contributed by atoms with van der Waals surface area (Å²) in [5.74, 6) is 0. The fourth-order valence-electron chi connectivity index (χ4n) is 0.906. The molecule has 10 heavy (non-hydrogen) atoms. The van der Waals surface area contributed by atoms with E-state index in [0.717, 1.165) is 11.6 Å². The average molecular weight is 159 g/mol. The van der Waals surface area contributed by atoms with Crippen LogP contribution in [-0.4, -0.2) is 11.1 Å². The topological polar surface area (TPSA) is 30.9 Å². The molecule has 1 rings (SSSR count). The fourth-order valence-corrected chi connectivity index (χ4v) is 1.09. The van der Waals surface area contributed by atoms with Crippen molar-refractivity contribution in [3.63, 3.8) is 0 Å². The van der Waals surface area contributed by atoms with E-state index >= 15 is 0 Å². The Morgan fingerprint density at radius 2 is 2.40 bits per heavy atom. The maximum Gasteiger partial charge on any atom is 0.108 e. The fraction of sp³-hybridized carbons (Fsp3) is 0.429. The molecule has 0 aliphatic rings. The third-order valence-electron chi connectivity index (χ3n) is 1.43. The monoisotopic (exact) mass is 158 g/mol. The molecular formula is C7H11ClN2. The summed E-state index contributed by atoms with van der Waals surface area (Å²) in [6.45, 7) is 0.681. The van der Waals surface area contributed by atoms with Crippen molar-refractivity contribution in [3.8, 4) is 0 Å². The van der Waals surface area contributed by atoms with Crippen LogP contribution in [0.4, 0.5) is 0 Å². The van der Waals surface area contributed by atoms with Crippen LogP contribution in [0.3, 0.4) is 0 Å². The molecule has 0 saturated carbocycles. The molecule has 1 heterocycles. The number of rotatable bonds is 2. The predicted octanol–water partition coefficient (Wildman–Crippen LogP) is 1.18. The second kappa shape index (κ2) is 3.08. The van der Waals surface area contributed by atoms with Crippen molar-refractivity contribution in [1.82, 2.24) is 4.57 Å². The van der Waals surface area contributed by atoms with Crippen LogP contribution in [0.5, 0.6) is 0 Å². The summed E-state index contributed by atoms with van der Waals surface area (Å²) in [5.41, 5.74) is 6.57. The van der Waals surface area contributed by atoms with Gasteiger partial charge in [0.15, 0.2) is 0 Å². The van der Waals surface area contributed by atoms with Gasteiger partial charge < -0.3 is 10.3 Å². The Morgan fingerprint density at radius 3 is 2.80 bits per heavy atom. The number of hydrogen-bond donors (Lipinski definition) is 1. The van der Waals surface area contributed by atoms with Gasteiger partial charge in [-0.2, -0.15) is 0 Å². The van der Waals surface area contributed by atoms with Crippen molar-refractivity contribution in [2.45, 2.75) is 6.42 Å². The number of nitrogens with zero attached hydrogens (tertiary/aromatic N) is 1. The van der Waals surface area contributed by atoms with E-state index in [0.29, 0.717) is 6.54 Å². The van der Waals surface area contributed by atoms with Crippen molar-refractivity contribution in [1.29, 1.82) is 0 Å². The molecule has 0 saturated heterocycles. The van der Waals surface area contributed by atoms with Gasteiger partial charge >= 0.3 is 0 Å². The average Bonchev–Trinajstić information content (AvgIpc) is 2.14. The second-order valence-corrected chi connectivity index (χ2v) is 2.71. The van der Waals surface area contributed by atoms with Crippen molar-refractivity contribution in [2.24, 2.45) is 12.8 Å². The number of nitrogens with two attached hydrogens (primary N) is 1. The number of halogens is 1. The van der Waals surface area contributed by atoms with Crippen LogP contribution in [-0.2, 0) is 13.5 Å². The summed E-state index contributed by atoms with van der Waals surface area (Å²) < 4.78 is 1.88. The minimum absolute atomic E-state index is 0.681. The van der Waals surface area contributed by atoms with Crippen LogP contribution < -0.4 is 5.73 Å². The first-order valence-corrected chi connectivity index (χ1v) is 3.62. The molecule has 0 aliphatic heterocycles. The Bertz CT molecular complexity index is 198. The molecule has 0 radical (unpaired) electrons. The number of aryl methyl sites for hydroxylation is 1. The van der Waals surface area contributed by atoms with E-state index < -0.39 is 0 Å². The normalized spacial score (nSPS) is 10.3. The van der Waals surface area contributed by atoms with Crippen molar-refractivity contribution in [3.05, 3.63) is 23.0 Å². The predicted molar refractivity (Wildman–Crippen MR) is 43.2 cm³/mol. The molecule has 0 spiro atoms. The quantitative estimate of drug-likeness (QED) is 0.689. The maximum absolute atomic E-state index is 5.79. The standard InChI is InChI=1S/C7H11ClN2/c1-10-5-6(2-3-9)4-7(10)8/h4-5H,2-3,9H2,1H3. The van der Waals surface area contributed by atoms with Gasteiger partial charge in [-0.1, -0.05) is 11.6 Å². The summed E-state index contributed by atoms with van der Waals surface area (Å²) in [6.07, 6.45) is 2.90. The van der Waals surface area contributed by atoms with E-state index in [-0.39, 0.29) is 0 Å². The molecule has 2 N–H and O–H groups in total. The third kappa shape index (κ3) is 1.52. The van der Waals surface area contributed by atoms with Crippen LogP contribution in [0.25, 0.3) is 0 Å². The smallest absolute Gasteiger partial charge is 0.108 e. The molecule has 0 fully saturated rings. The highest BCUT2D eigenvalue weighted by Gasteiger charge is 1.97. The van der Waals surface area contributed by atoms with Crippen molar-refractivity contribution < 1.29 is 0 Å². The Hall–Kier alpha value is -0.470. The molecule has 56 valence electrons.